The molecule has 1 atom stereocenters. The molecule has 0 N–H and O–H groups in total. The normalized spacial score (nSPS) is 16.3. The summed E-state index contributed by atoms with van der Waals surface area (Å²) in [6, 6.07) is 18.8. The minimum atomic E-state index is 0.493. The van der Waals surface area contributed by atoms with Crippen LogP contribution in [0.3, 0.4) is 0 Å². The Bertz CT molecular complexity index is 923. The van der Waals surface area contributed by atoms with Gasteiger partial charge in [-0.05, 0) is 42.4 Å². The molecule has 2 aromatic carbocycles. The number of halogens is 1. The largest absolute Gasteiger partial charge is 0.330 e. The number of nitrogens with zero attached hydrogens (tertiary/aromatic N) is 2. The number of aromatic nitrogens is 2. The zero-order valence-corrected chi connectivity index (χ0v) is 18.3. The first-order valence-electron chi connectivity index (χ1n) is 11.0. The van der Waals surface area contributed by atoms with Crippen molar-refractivity contribution >= 4 is 11.6 Å². The number of hydrogen-bond donors (Lipinski definition) is 0. The van der Waals surface area contributed by atoms with Crippen LogP contribution in [0.4, 0.5) is 0 Å². The first kappa shape index (κ1) is 20.2. The Kier molecular flexibility index (Phi) is 6.40. The average molecular weight is 407 g/mol. The standard InChI is InChI=1S/C26H31ClN2/c1-19(2)25(21-12-7-4-8-13-21)26-28-24(22-14-9-15-23(27)16-22)18-29(26)17-20-10-5-3-6-11-20/h3,5-6,9-11,14-16,18-19,21,25H,4,7-8,12-13,17H2,1-2H3/t25-/m1/s1. The third-order valence-electron chi connectivity index (χ3n) is 6.30. The summed E-state index contributed by atoms with van der Waals surface area (Å²) in [7, 11) is 0. The molecule has 152 valence electrons. The Balaban J connectivity index is 1.76. The summed E-state index contributed by atoms with van der Waals surface area (Å²) < 4.78 is 2.39. The summed E-state index contributed by atoms with van der Waals surface area (Å²) in [5, 5.41) is 0.759. The molecule has 1 heterocycles. The van der Waals surface area contributed by atoms with Gasteiger partial charge in [-0.2, -0.15) is 0 Å². The average Bonchev–Trinajstić information content (AvgIpc) is 3.13. The highest BCUT2D eigenvalue weighted by Gasteiger charge is 2.31. The summed E-state index contributed by atoms with van der Waals surface area (Å²) in [5.41, 5.74) is 3.44. The SMILES string of the molecule is CC(C)[C@@H](c1nc(-c2cccc(Cl)c2)cn1Cc1ccccc1)C1CCCCC1. The quantitative estimate of drug-likeness (QED) is 0.412. The van der Waals surface area contributed by atoms with E-state index in [0.717, 1.165) is 28.7 Å². The number of imidazole rings is 1. The van der Waals surface area contributed by atoms with E-state index in [0.29, 0.717) is 11.8 Å². The zero-order chi connectivity index (χ0) is 20.2. The summed E-state index contributed by atoms with van der Waals surface area (Å²) in [5.74, 6) is 3.03. The summed E-state index contributed by atoms with van der Waals surface area (Å²) in [6.45, 7) is 5.58. The van der Waals surface area contributed by atoms with Gasteiger partial charge in [0.2, 0.25) is 0 Å². The van der Waals surface area contributed by atoms with Crippen molar-refractivity contribution in [1.82, 2.24) is 9.55 Å². The second kappa shape index (κ2) is 9.17. The maximum Gasteiger partial charge on any atom is 0.113 e. The summed E-state index contributed by atoms with van der Waals surface area (Å²) >= 11 is 6.27. The monoisotopic (exact) mass is 406 g/mol. The smallest absolute Gasteiger partial charge is 0.113 e. The minimum Gasteiger partial charge on any atom is -0.330 e. The molecule has 4 rings (SSSR count). The highest BCUT2D eigenvalue weighted by atomic mass is 35.5. The van der Waals surface area contributed by atoms with Gasteiger partial charge in [-0.25, -0.2) is 4.98 Å². The molecule has 1 aliphatic rings. The van der Waals surface area contributed by atoms with Crippen LogP contribution in [-0.4, -0.2) is 9.55 Å². The lowest BCUT2D eigenvalue weighted by molar-refractivity contribution is 0.248. The molecule has 0 spiro atoms. The second-order valence-corrected chi connectivity index (χ2v) is 9.21. The number of benzene rings is 2. The first-order chi connectivity index (χ1) is 14.1. The van der Waals surface area contributed by atoms with Crippen molar-refractivity contribution in [3.8, 4) is 11.3 Å². The van der Waals surface area contributed by atoms with Gasteiger partial charge < -0.3 is 4.57 Å². The topological polar surface area (TPSA) is 17.8 Å². The Morgan fingerprint density at radius 1 is 1.00 bits per heavy atom. The summed E-state index contributed by atoms with van der Waals surface area (Å²) in [6.07, 6.45) is 8.98. The van der Waals surface area contributed by atoms with E-state index in [1.807, 2.05) is 18.2 Å². The van der Waals surface area contributed by atoms with Gasteiger partial charge in [-0.1, -0.05) is 87.2 Å². The molecule has 0 bridgehead atoms. The number of rotatable bonds is 6. The molecule has 0 unspecified atom stereocenters. The van der Waals surface area contributed by atoms with E-state index in [1.165, 1.54) is 43.5 Å². The lowest BCUT2D eigenvalue weighted by atomic mass is 9.74. The van der Waals surface area contributed by atoms with Crippen LogP contribution in [0.1, 0.15) is 63.3 Å². The molecule has 1 aliphatic carbocycles. The van der Waals surface area contributed by atoms with Crippen molar-refractivity contribution < 1.29 is 0 Å². The molecule has 1 saturated carbocycles. The van der Waals surface area contributed by atoms with Crippen LogP contribution in [0.5, 0.6) is 0 Å². The molecule has 3 aromatic rings. The van der Waals surface area contributed by atoms with E-state index in [4.69, 9.17) is 16.6 Å². The fraction of sp³-hybridized carbons (Fsp3) is 0.423. The molecular weight excluding hydrogens is 376 g/mol. The third-order valence-corrected chi connectivity index (χ3v) is 6.53. The maximum absolute atomic E-state index is 6.27. The highest BCUT2D eigenvalue weighted by Crippen LogP contribution is 2.41. The van der Waals surface area contributed by atoms with Crippen LogP contribution in [0, 0.1) is 11.8 Å². The number of hydrogen-bond acceptors (Lipinski definition) is 1. The van der Waals surface area contributed by atoms with Crippen LogP contribution < -0.4 is 0 Å². The Morgan fingerprint density at radius 2 is 1.76 bits per heavy atom. The van der Waals surface area contributed by atoms with Gasteiger partial charge in [0.15, 0.2) is 0 Å². The van der Waals surface area contributed by atoms with Crippen LogP contribution >= 0.6 is 11.6 Å². The Labute approximate surface area is 179 Å². The van der Waals surface area contributed by atoms with Gasteiger partial charge in [0.1, 0.15) is 5.82 Å². The highest BCUT2D eigenvalue weighted by molar-refractivity contribution is 6.30. The van der Waals surface area contributed by atoms with E-state index in [9.17, 15) is 0 Å². The van der Waals surface area contributed by atoms with Gasteiger partial charge in [0.25, 0.3) is 0 Å². The van der Waals surface area contributed by atoms with Gasteiger partial charge in [-0.15, -0.1) is 0 Å². The van der Waals surface area contributed by atoms with Crippen LogP contribution in [-0.2, 0) is 6.54 Å². The van der Waals surface area contributed by atoms with Gasteiger partial charge in [-0.3, -0.25) is 0 Å². The van der Waals surface area contributed by atoms with E-state index < -0.39 is 0 Å². The van der Waals surface area contributed by atoms with Gasteiger partial charge >= 0.3 is 0 Å². The van der Waals surface area contributed by atoms with Crippen molar-refractivity contribution in [2.24, 2.45) is 11.8 Å². The predicted octanol–water partition coefficient (Wildman–Crippen LogP) is 7.57. The molecule has 3 heteroatoms. The molecule has 1 fully saturated rings. The predicted molar refractivity (Wildman–Crippen MR) is 122 cm³/mol. The lowest BCUT2D eigenvalue weighted by Crippen LogP contribution is -2.24. The van der Waals surface area contributed by atoms with Gasteiger partial charge in [0.05, 0.1) is 5.69 Å². The Morgan fingerprint density at radius 3 is 2.45 bits per heavy atom. The molecule has 29 heavy (non-hydrogen) atoms. The van der Waals surface area contributed by atoms with Crippen molar-refractivity contribution in [3.63, 3.8) is 0 Å². The maximum atomic E-state index is 6.27. The van der Waals surface area contributed by atoms with E-state index in [-0.39, 0.29) is 0 Å². The van der Waals surface area contributed by atoms with Crippen LogP contribution in [0.25, 0.3) is 11.3 Å². The van der Waals surface area contributed by atoms with Crippen molar-refractivity contribution in [2.75, 3.05) is 0 Å². The molecule has 0 aliphatic heterocycles. The third kappa shape index (κ3) is 4.75. The van der Waals surface area contributed by atoms with Crippen molar-refractivity contribution in [2.45, 2.75) is 58.4 Å². The molecule has 0 amide bonds. The van der Waals surface area contributed by atoms with E-state index in [2.05, 4.69) is 61.0 Å². The van der Waals surface area contributed by atoms with Gasteiger partial charge in [0, 0.05) is 29.2 Å². The molecule has 0 saturated heterocycles. The van der Waals surface area contributed by atoms with Crippen molar-refractivity contribution in [3.05, 3.63) is 77.2 Å². The fourth-order valence-electron chi connectivity index (χ4n) is 4.94. The Hall–Kier alpha value is -2.06. The first-order valence-corrected chi connectivity index (χ1v) is 11.4. The molecule has 1 aromatic heterocycles. The van der Waals surface area contributed by atoms with E-state index in [1.54, 1.807) is 0 Å². The lowest BCUT2D eigenvalue weighted by Gasteiger charge is -2.33. The summed E-state index contributed by atoms with van der Waals surface area (Å²) in [4.78, 5) is 5.22. The molecule has 2 nitrogen and oxygen atoms in total. The minimum absolute atomic E-state index is 0.493. The van der Waals surface area contributed by atoms with Crippen LogP contribution in [0.2, 0.25) is 5.02 Å². The second-order valence-electron chi connectivity index (χ2n) is 8.78. The van der Waals surface area contributed by atoms with Crippen molar-refractivity contribution in [1.29, 1.82) is 0 Å². The zero-order valence-electron chi connectivity index (χ0n) is 17.5. The molecular formula is C26H31ClN2. The van der Waals surface area contributed by atoms with E-state index >= 15 is 0 Å². The fourth-order valence-corrected chi connectivity index (χ4v) is 5.13. The molecule has 0 radical (unpaired) electrons. The van der Waals surface area contributed by atoms with Crippen LogP contribution in [0.15, 0.2) is 60.8 Å².